The van der Waals surface area contributed by atoms with Crippen LogP contribution in [0.5, 0.6) is 0 Å². The number of carbonyl (C=O) groups is 1. The van der Waals surface area contributed by atoms with E-state index in [0.29, 0.717) is 19.0 Å². The standard InChI is InChI=1S/C23H32N4O/c28-23(11-10-18-6-2-1-3-7-18)25-17-20-16-22(19-12-14-24-15-13-19)27(26-20)21-8-4-5-9-21/h12-16,18,21H,1-11,17H2,(H,25,28). The highest BCUT2D eigenvalue weighted by Gasteiger charge is 2.22. The van der Waals surface area contributed by atoms with E-state index in [1.165, 1.54) is 57.8 Å². The van der Waals surface area contributed by atoms with Gasteiger partial charge in [-0.25, -0.2) is 0 Å². The van der Waals surface area contributed by atoms with Gasteiger partial charge in [0.15, 0.2) is 0 Å². The lowest BCUT2D eigenvalue weighted by molar-refractivity contribution is -0.121. The number of rotatable bonds is 7. The Labute approximate surface area is 167 Å². The van der Waals surface area contributed by atoms with Crippen LogP contribution in [0.1, 0.15) is 82.4 Å². The third-order valence-corrected chi connectivity index (χ3v) is 6.40. The Balaban J connectivity index is 1.38. The summed E-state index contributed by atoms with van der Waals surface area (Å²) in [6.45, 7) is 0.515. The van der Waals surface area contributed by atoms with Crippen LogP contribution in [0, 0.1) is 5.92 Å². The molecular weight excluding hydrogens is 348 g/mol. The van der Waals surface area contributed by atoms with E-state index >= 15 is 0 Å². The summed E-state index contributed by atoms with van der Waals surface area (Å²) < 4.78 is 2.19. The van der Waals surface area contributed by atoms with Crippen LogP contribution in [0.3, 0.4) is 0 Å². The molecule has 0 saturated heterocycles. The molecule has 0 aliphatic heterocycles. The Morgan fingerprint density at radius 2 is 1.75 bits per heavy atom. The smallest absolute Gasteiger partial charge is 0.220 e. The van der Waals surface area contributed by atoms with E-state index in [2.05, 4.69) is 21.0 Å². The Kier molecular flexibility index (Phi) is 6.40. The molecule has 0 spiro atoms. The lowest BCUT2D eigenvalue weighted by Crippen LogP contribution is -2.24. The molecule has 0 aromatic carbocycles. The van der Waals surface area contributed by atoms with Crippen LogP contribution in [0.4, 0.5) is 0 Å². The van der Waals surface area contributed by atoms with Crippen molar-refractivity contribution in [3.63, 3.8) is 0 Å². The summed E-state index contributed by atoms with van der Waals surface area (Å²) in [7, 11) is 0. The predicted molar refractivity (Wildman–Crippen MR) is 111 cm³/mol. The van der Waals surface area contributed by atoms with Crippen LogP contribution in [-0.4, -0.2) is 20.7 Å². The number of nitrogens with one attached hydrogen (secondary N) is 1. The highest BCUT2D eigenvalue weighted by Crippen LogP contribution is 2.33. The number of aromatic nitrogens is 3. The van der Waals surface area contributed by atoms with Gasteiger partial charge in [0.1, 0.15) is 0 Å². The lowest BCUT2D eigenvalue weighted by atomic mass is 9.86. The van der Waals surface area contributed by atoms with Gasteiger partial charge in [-0.05, 0) is 43.4 Å². The molecule has 0 atom stereocenters. The second-order valence-electron chi connectivity index (χ2n) is 8.46. The average Bonchev–Trinajstić information content (AvgIpc) is 3.42. The fourth-order valence-corrected chi connectivity index (χ4v) is 4.79. The van der Waals surface area contributed by atoms with Gasteiger partial charge in [0.05, 0.1) is 24.0 Å². The Hall–Kier alpha value is -2.17. The number of nitrogens with zero attached hydrogens (tertiary/aromatic N) is 3. The van der Waals surface area contributed by atoms with E-state index in [0.717, 1.165) is 29.3 Å². The summed E-state index contributed by atoms with van der Waals surface area (Å²) in [5, 5.41) is 7.97. The van der Waals surface area contributed by atoms with Gasteiger partial charge in [0.2, 0.25) is 5.91 Å². The fourth-order valence-electron chi connectivity index (χ4n) is 4.79. The molecule has 2 fully saturated rings. The average molecular weight is 381 g/mol. The third kappa shape index (κ3) is 4.81. The molecule has 4 rings (SSSR count). The molecule has 5 nitrogen and oxygen atoms in total. The van der Waals surface area contributed by atoms with Gasteiger partial charge < -0.3 is 5.32 Å². The van der Waals surface area contributed by atoms with Crippen molar-refractivity contribution in [3.05, 3.63) is 36.3 Å². The highest BCUT2D eigenvalue weighted by atomic mass is 16.1. The van der Waals surface area contributed by atoms with Gasteiger partial charge in [-0.3, -0.25) is 14.5 Å². The zero-order chi connectivity index (χ0) is 19.2. The zero-order valence-electron chi connectivity index (χ0n) is 16.8. The Bertz CT molecular complexity index is 758. The van der Waals surface area contributed by atoms with Gasteiger partial charge in [-0.1, -0.05) is 44.9 Å². The minimum atomic E-state index is 0.159. The molecule has 2 aliphatic carbocycles. The van der Waals surface area contributed by atoms with Crippen molar-refractivity contribution < 1.29 is 4.79 Å². The van der Waals surface area contributed by atoms with E-state index in [-0.39, 0.29) is 5.91 Å². The molecule has 0 unspecified atom stereocenters. The molecule has 0 radical (unpaired) electrons. The van der Waals surface area contributed by atoms with E-state index in [4.69, 9.17) is 5.10 Å². The van der Waals surface area contributed by atoms with Crippen molar-refractivity contribution in [2.24, 2.45) is 5.92 Å². The molecule has 2 heterocycles. The molecular formula is C23H32N4O. The first-order valence-electron chi connectivity index (χ1n) is 11.0. The van der Waals surface area contributed by atoms with Crippen molar-refractivity contribution in [3.8, 4) is 11.3 Å². The Morgan fingerprint density at radius 3 is 2.50 bits per heavy atom. The number of carbonyl (C=O) groups excluding carboxylic acids is 1. The summed E-state index contributed by atoms with van der Waals surface area (Å²) in [5.41, 5.74) is 3.23. The summed E-state index contributed by atoms with van der Waals surface area (Å²) >= 11 is 0. The Morgan fingerprint density at radius 1 is 1.04 bits per heavy atom. The molecule has 5 heteroatoms. The SMILES string of the molecule is O=C(CCC1CCCCC1)NCc1cc(-c2ccncc2)n(C2CCCC2)n1. The maximum absolute atomic E-state index is 12.3. The molecule has 28 heavy (non-hydrogen) atoms. The van der Waals surface area contributed by atoms with E-state index in [1.54, 1.807) is 0 Å². The second-order valence-corrected chi connectivity index (χ2v) is 8.46. The topological polar surface area (TPSA) is 59.8 Å². The summed E-state index contributed by atoms with van der Waals surface area (Å²) in [6, 6.07) is 6.68. The van der Waals surface area contributed by atoms with Gasteiger partial charge in [0.25, 0.3) is 0 Å². The van der Waals surface area contributed by atoms with Gasteiger partial charge in [0, 0.05) is 24.4 Å². The minimum absolute atomic E-state index is 0.159. The predicted octanol–water partition coefficient (Wildman–Crippen LogP) is 5.04. The van der Waals surface area contributed by atoms with Crippen LogP contribution in [0.2, 0.25) is 0 Å². The molecule has 2 saturated carbocycles. The first-order chi connectivity index (χ1) is 13.8. The van der Waals surface area contributed by atoms with Gasteiger partial charge >= 0.3 is 0 Å². The van der Waals surface area contributed by atoms with Crippen molar-refractivity contribution in [1.29, 1.82) is 0 Å². The maximum atomic E-state index is 12.3. The van der Waals surface area contributed by atoms with Gasteiger partial charge in [-0.2, -0.15) is 5.10 Å². The van der Waals surface area contributed by atoms with Gasteiger partial charge in [-0.15, -0.1) is 0 Å². The van der Waals surface area contributed by atoms with Crippen LogP contribution >= 0.6 is 0 Å². The molecule has 1 amide bonds. The fraction of sp³-hybridized carbons (Fsp3) is 0.609. The van der Waals surface area contributed by atoms with Crippen molar-refractivity contribution in [2.45, 2.75) is 83.2 Å². The summed E-state index contributed by atoms with van der Waals surface area (Å²) in [4.78, 5) is 16.5. The van der Waals surface area contributed by atoms with E-state index < -0.39 is 0 Å². The van der Waals surface area contributed by atoms with Crippen molar-refractivity contribution in [2.75, 3.05) is 0 Å². The largest absolute Gasteiger partial charge is 0.350 e. The molecule has 0 bridgehead atoms. The van der Waals surface area contributed by atoms with Crippen molar-refractivity contribution >= 4 is 5.91 Å². The normalized spacial score (nSPS) is 18.4. The van der Waals surface area contributed by atoms with Crippen LogP contribution in [0.25, 0.3) is 11.3 Å². The summed E-state index contributed by atoms with van der Waals surface area (Å²) in [6.07, 6.45) is 16.9. The summed E-state index contributed by atoms with van der Waals surface area (Å²) in [5.74, 6) is 0.908. The second kappa shape index (κ2) is 9.35. The molecule has 150 valence electrons. The minimum Gasteiger partial charge on any atom is -0.350 e. The molecule has 2 aromatic rings. The number of hydrogen-bond donors (Lipinski definition) is 1. The first-order valence-corrected chi connectivity index (χ1v) is 11.0. The van der Waals surface area contributed by atoms with E-state index in [9.17, 15) is 4.79 Å². The van der Waals surface area contributed by atoms with Crippen LogP contribution < -0.4 is 5.32 Å². The number of amides is 1. The monoisotopic (exact) mass is 380 g/mol. The molecule has 1 N–H and O–H groups in total. The number of pyridine rings is 1. The number of hydrogen-bond acceptors (Lipinski definition) is 3. The van der Waals surface area contributed by atoms with Crippen molar-refractivity contribution in [1.82, 2.24) is 20.1 Å². The third-order valence-electron chi connectivity index (χ3n) is 6.40. The van der Waals surface area contributed by atoms with E-state index in [1.807, 2.05) is 24.5 Å². The van der Waals surface area contributed by atoms with Crippen LogP contribution in [-0.2, 0) is 11.3 Å². The zero-order valence-corrected chi connectivity index (χ0v) is 16.8. The quantitative estimate of drug-likeness (QED) is 0.732. The highest BCUT2D eigenvalue weighted by molar-refractivity contribution is 5.75. The molecule has 2 aliphatic rings. The molecule has 2 aromatic heterocycles. The van der Waals surface area contributed by atoms with Crippen LogP contribution in [0.15, 0.2) is 30.6 Å². The maximum Gasteiger partial charge on any atom is 0.220 e. The first kappa shape index (κ1) is 19.2. The lowest BCUT2D eigenvalue weighted by Gasteiger charge is -2.20.